The van der Waals surface area contributed by atoms with Gasteiger partial charge in [-0.15, -0.1) is 0 Å². The van der Waals surface area contributed by atoms with Crippen molar-refractivity contribution >= 4 is 23.0 Å². The maximum atomic E-state index is 5.35. The number of nitrogens with zero attached hydrogens (tertiary/aromatic N) is 1. The van der Waals surface area contributed by atoms with Gasteiger partial charge in [0.25, 0.3) is 0 Å². The average Bonchev–Trinajstić information content (AvgIpc) is 2.48. The van der Waals surface area contributed by atoms with E-state index in [1.54, 1.807) is 6.20 Å². The molecule has 0 saturated heterocycles. The maximum absolute atomic E-state index is 5.35. The van der Waals surface area contributed by atoms with E-state index in [-0.39, 0.29) is 6.04 Å². The Bertz CT molecular complexity index is 569. The third-order valence-corrected chi connectivity index (χ3v) is 3.35. The molecule has 2 rings (SSSR count). The monoisotopic (exact) mass is 285 g/mol. The number of aryl methyl sites for hydroxylation is 1. The first-order chi connectivity index (χ1) is 9.69. The van der Waals surface area contributed by atoms with Crippen LogP contribution in [-0.2, 0) is 6.42 Å². The molecule has 4 heteroatoms. The van der Waals surface area contributed by atoms with Crippen LogP contribution >= 0.6 is 12.2 Å². The molecule has 1 atom stereocenters. The lowest BCUT2D eigenvalue weighted by Gasteiger charge is -2.17. The number of benzene rings is 1. The minimum Gasteiger partial charge on any atom is -0.356 e. The molecule has 104 valence electrons. The second kappa shape index (κ2) is 7.01. The second-order valence-electron chi connectivity index (χ2n) is 4.66. The Kier molecular flexibility index (Phi) is 5.07. The fraction of sp³-hybridized carbons (Fsp3) is 0.250. The van der Waals surface area contributed by atoms with Crippen molar-refractivity contribution in [2.45, 2.75) is 26.3 Å². The van der Waals surface area contributed by atoms with E-state index in [1.165, 1.54) is 5.56 Å². The van der Waals surface area contributed by atoms with Crippen molar-refractivity contribution in [1.29, 1.82) is 0 Å². The van der Waals surface area contributed by atoms with Gasteiger partial charge in [-0.25, -0.2) is 0 Å². The van der Waals surface area contributed by atoms with Gasteiger partial charge >= 0.3 is 0 Å². The molecule has 0 amide bonds. The Morgan fingerprint density at radius 3 is 2.85 bits per heavy atom. The van der Waals surface area contributed by atoms with E-state index in [9.17, 15) is 0 Å². The molecule has 0 fully saturated rings. The van der Waals surface area contributed by atoms with Crippen LogP contribution in [0.2, 0.25) is 0 Å². The van der Waals surface area contributed by atoms with Crippen molar-refractivity contribution < 1.29 is 0 Å². The van der Waals surface area contributed by atoms with Crippen LogP contribution in [0.25, 0.3) is 0 Å². The molecule has 1 heterocycles. The second-order valence-corrected chi connectivity index (χ2v) is 5.07. The summed E-state index contributed by atoms with van der Waals surface area (Å²) < 4.78 is 0. The zero-order valence-electron chi connectivity index (χ0n) is 11.8. The summed E-state index contributed by atoms with van der Waals surface area (Å²) in [5.74, 6) is 0. The molecular formula is C16H19N3S. The summed E-state index contributed by atoms with van der Waals surface area (Å²) in [5, 5.41) is 7.10. The lowest BCUT2D eigenvalue weighted by Crippen LogP contribution is -2.30. The summed E-state index contributed by atoms with van der Waals surface area (Å²) >= 11 is 5.35. The first-order valence-electron chi connectivity index (χ1n) is 6.75. The van der Waals surface area contributed by atoms with Gasteiger partial charge in [-0.05, 0) is 54.9 Å². The minimum absolute atomic E-state index is 0.123. The Morgan fingerprint density at radius 2 is 2.15 bits per heavy atom. The molecule has 2 N–H and O–H groups in total. The van der Waals surface area contributed by atoms with Gasteiger partial charge in [0.05, 0.1) is 6.04 Å². The fourth-order valence-electron chi connectivity index (χ4n) is 1.95. The standard InChI is InChI=1S/C16H19N3S/c1-3-13-6-4-8-15(10-13)19-16(20)18-12(2)14-7-5-9-17-11-14/h4-12H,3H2,1-2H3,(H2,18,19,20)/t12-/m1/s1. The molecule has 0 unspecified atom stereocenters. The minimum atomic E-state index is 0.123. The Hall–Kier alpha value is -1.94. The molecule has 1 aromatic carbocycles. The highest BCUT2D eigenvalue weighted by atomic mass is 32.1. The van der Waals surface area contributed by atoms with E-state index in [0.29, 0.717) is 5.11 Å². The highest BCUT2D eigenvalue weighted by molar-refractivity contribution is 7.80. The third kappa shape index (κ3) is 4.03. The van der Waals surface area contributed by atoms with Crippen LogP contribution in [0.5, 0.6) is 0 Å². The molecule has 1 aromatic heterocycles. The Balaban J connectivity index is 1.95. The quantitative estimate of drug-likeness (QED) is 0.840. The van der Waals surface area contributed by atoms with E-state index in [4.69, 9.17) is 12.2 Å². The normalized spacial score (nSPS) is 11.7. The smallest absolute Gasteiger partial charge is 0.171 e. The van der Waals surface area contributed by atoms with Crippen molar-refractivity contribution in [1.82, 2.24) is 10.3 Å². The highest BCUT2D eigenvalue weighted by Gasteiger charge is 2.07. The number of nitrogens with one attached hydrogen (secondary N) is 2. The molecule has 0 spiro atoms. The van der Waals surface area contributed by atoms with E-state index < -0.39 is 0 Å². The number of aromatic nitrogens is 1. The summed E-state index contributed by atoms with van der Waals surface area (Å²) in [6, 6.07) is 12.4. The van der Waals surface area contributed by atoms with Gasteiger partial charge in [0.15, 0.2) is 5.11 Å². The van der Waals surface area contributed by atoms with E-state index in [1.807, 2.05) is 30.5 Å². The summed E-state index contributed by atoms with van der Waals surface area (Å²) in [6.07, 6.45) is 4.63. The Morgan fingerprint density at radius 1 is 1.30 bits per heavy atom. The van der Waals surface area contributed by atoms with Gasteiger partial charge in [-0.1, -0.05) is 25.1 Å². The van der Waals surface area contributed by atoms with E-state index >= 15 is 0 Å². The highest BCUT2D eigenvalue weighted by Crippen LogP contribution is 2.13. The van der Waals surface area contributed by atoms with E-state index in [0.717, 1.165) is 17.7 Å². The SMILES string of the molecule is CCc1cccc(NC(=S)N[C@H](C)c2cccnc2)c1. The largest absolute Gasteiger partial charge is 0.356 e. The lowest BCUT2D eigenvalue weighted by molar-refractivity contribution is 0.718. The summed E-state index contributed by atoms with van der Waals surface area (Å²) in [5.41, 5.74) is 3.41. The number of hydrogen-bond acceptors (Lipinski definition) is 2. The first kappa shape index (κ1) is 14.5. The lowest BCUT2D eigenvalue weighted by atomic mass is 10.1. The topological polar surface area (TPSA) is 37.0 Å². The van der Waals surface area contributed by atoms with Crippen molar-refractivity contribution in [3.05, 3.63) is 59.9 Å². The number of rotatable bonds is 4. The van der Waals surface area contributed by atoms with Crippen molar-refractivity contribution in [2.24, 2.45) is 0 Å². The summed E-state index contributed by atoms with van der Waals surface area (Å²) in [6.45, 7) is 4.20. The zero-order chi connectivity index (χ0) is 14.4. The molecule has 0 aliphatic carbocycles. The number of hydrogen-bond donors (Lipinski definition) is 2. The number of thiocarbonyl (C=S) groups is 1. The van der Waals surface area contributed by atoms with Gasteiger partial charge in [0.1, 0.15) is 0 Å². The molecule has 0 radical (unpaired) electrons. The van der Waals surface area contributed by atoms with Gasteiger partial charge in [-0.2, -0.15) is 0 Å². The zero-order valence-corrected chi connectivity index (χ0v) is 12.6. The van der Waals surface area contributed by atoms with Crippen molar-refractivity contribution in [3.63, 3.8) is 0 Å². The van der Waals surface area contributed by atoms with Crippen LogP contribution < -0.4 is 10.6 Å². The van der Waals surface area contributed by atoms with Crippen molar-refractivity contribution in [3.8, 4) is 0 Å². The predicted octanol–water partition coefficient (Wildman–Crippen LogP) is 3.69. The van der Waals surface area contributed by atoms with E-state index in [2.05, 4.69) is 41.6 Å². The number of anilines is 1. The van der Waals surface area contributed by atoms with Crippen LogP contribution in [0.3, 0.4) is 0 Å². The van der Waals surface area contributed by atoms with Gasteiger partial charge in [0, 0.05) is 18.1 Å². The fourth-order valence-corrected chi connectivity index (χ4v) is 2.24. The van der Waals surface area contributed by atoms with Crippen LogP contribution in [0.15, 0.2) is 48.8 Å². The molecule has 2 aromatic rings. The van der Waals surface area contributed by atoms with Crippen LogP contribution in [0, 0.1) is 0 Å². The summed E-state index contributed by atoms with van der Waals surface area (Å²) in [4.78, 5) is 4.12. The van der Waals surface area contributed by atoms with Gasteiger partial charge in [-0.3, -0.25) is 4.98 Å². The molecule has 0 aliphatic heterocycles. The van der Waals surface area contributed by atoms with Crippen molar-refractivity contribution in [2.75, 3.05) is 5.32 Å². The maximum Gasteiger partial charge on any atom is 0.171 e. The van der Waals surface area contributed by atoms with Gasteiger partial charge in [0.2, 0.25) is 0 Å². The molecule has 3 nitrogen and oxygen atoms in total. The number of pyridine rings is 1. The first-order valence-corrected chi connectivity index (χ1v) is 7.16. The molecular weight excluding hydrogens is 266 g/mol. The van der Waals surface area contributed by atoms with Crippen LogP contribution in [0.4, 0.5) is 5.69 Å². The average molecular weight is 285 g/mol. The molecule has 0 aliphatic rings. The molecule has 20 heavy (non-hydrogen) atoms. The molecule has 0 bridgehead atoms. The predicted molar refractivity (Wildman–Crippen MR) is 87.8 cm³/mol. The van der Waals surface area contributed by atoms with Crippen LogP contribution in [0.1, 0.15) is 31.0 Å². The Labute approximate surface area is 125 Å². The third-order valence-electron chi connectivity index (χ3n) is 3.13. The van der Waals surface area contributed by atoms with Crippen LogP contribution in [-0.4, -0.2) is 10.1 Å². The molecule has 0 saturated carbocycles. The summed E-state index contributed by atoms with van der Waals surface area (Å²) in [7, 11) is 0. The van der Waals surface area contributed by atoms with Gasteiger partial charge < -0.3 is 10.6 Å².